The monoisotopic (exact) mass is 201 g/mol. The van der Waals surface area contributed by atoms with Gasteiger partial charge in [-0.3, -0.25) is 13.9 Å². The minimum Gasteiger partial charge on any atom is -0.481 e. The molecule has 0 amide bonds. The second-order valence-corrected chi connectivity index (χ2v) is 2.91. The number of aromatic nitrogens is 3. The molecule has 0 bridgehead atoms. The first-order valence-electron chi connectivity index (χ1n) is 4.39. The summed E-state index contributed by atoms with van der Waals surface area (Å²) >= 11 is 0. The fourth-order valence-corrected chi connectivity index (χ4v) is 1.02. The van der Waals surface area contributed by atoms with E-state index in [9.17, 15) is 9.18 Å². The van der Waals surface area contributed by atoms with E-state index in [1.54, 1.807) is 6.20 Å². The van der Waals surface area contributed by atoms with Gasteiger partial charge in [0.15, 0.2) is 0 Å². The number of hydrogen-bond acceptors (Lipinski definition) is 3. The zero-order chi connectivity index (χ0) is 10.4. The molecule has 1 aromatic rings. The molecule has 0 aliphatic heterocycles. The Balaban J connectivity index is 2.38. The third-order valence-corrected chi connectivity index (χ3v) is 1.70. The third-order valence-electron chi connectivity index (χ3n) is 1.70. The van der Waals surface area contributed by atoms with Crippen molar-refractivity contribution in [1.29, 1.82) is 0 Å². The van der Waals surface area contributed by atoms with Gasteiger partial charge < -0.3 is 5.11 Å². The Kier molecular flexibility index (Phi) is 4.03. The van der Waals surface area contributed by atoms with Crippen LogP contribution in [-0.4, -0.2) is 32.7 Å². The number of nitrogens with zero attached hydrogens (tertiary/aromatic N) is 3. The summed E-state index contributed by atoms with van der Waals surface area (Å²) in [7, 11) is 0. The number of alkyl halides is 1. The smallest absolute Gasteiger partial charge is 0.303 e. The molecular weight excluding hydrogens is 189 g/mol. The van der Waals surface area contributed by atoms with Gasteiger partial charge in [-0.25, -0.2) is 0 Å². The number of halogens is 1. The van der Waals surface area contributed by atoms with Gasteiger partial charge in [0, 0.05) is 19.2 Å². The Hall–Kier alpha value is -1.46. The summed E-state index contributed by atoms with van der Waals surface area (Å²) < 4.78 is 13.3. The molecule has 1 heterocycles. The molecular formula is C8H12FN3O2. The number of carboxylic acids is 1. The zero-order valence-corrected chi connectivity index (χ0v) is 7.69. The second kappa shape index (κ2) is 5.31. The van der Waals surface area contributed by atoms with Crippen LogP contribution in [0.25, 0.3) is 0 Å². The van der Waals surface area contributed by atoms with Crippen LogP contribution in [0.5, 0.6) is 0 Å². The van der Waals surface area contributed by atoms with Crippen LogP contribution in [0.15, 0.2) is 6.20 Å². The summed E-state index contributed by atoms with van der Waals surface area (Å²) in [6.45, 7) is 0.0981. The highest BCUT2D eigenvalue weighted by Gasteiger charge is 2.03. The van der Waals surface area contributed by atoms with Crippen molar-refractivity contribution in [2.24, 2.45) is 0 Å². The van der Waals surface area contributed by atoms with E-state index in [2.05, 4.69) is 10.3 Å². The lowest BCUT2D eigenvalue weighted by Gasteiger charge is -1.94. The van der Waals surface area contributed by atoms with Crippen LogP contribution in [0, 0.1) is 0 Å². The fraction of sp³-hybridized carbons (Fsp3) is 0.625. The first-order valence-corrected chi connectivity index (χ1v) is 4.39. The lowest BCUT2D eigenvalue weighted by Crippen LogP contribution is -1.99. The van der Waals surface area contributed by atoms with Crippen LogP contribution in [0.3, 0.4) is 0 Å². The maximum Gasteiger partial charge on any atom is 0.303 e. The van der Waals surface area contributed by atoms with Crippen molar-refractivity contribution in [3.63, 3.8) is 0 Å². The lowest BCUT2D eigenvalue weighted by molar-refractivity contribution is -0.136. The van der Waals surface area contributed by atoms with E-state index in [1.165, 1.54) is 4.68 Å². The summed E-state index contributed by atoms with van der Waals surface area (Å²) in [4.78, 5) is 10.2. The summed E-state index contributed by atoms with van der Waals surface area (Å²) in [5, 5.41) is 15.9. The van der Waals surface area contributed by atoms with Crippen molar-refractivity contribution in [2.75, 3.05) is 6.67 Å². The Morgan fingerprint density at radius 3 is 3.07 bits per heavy atom. The van der Waals surface area contributed by atoms with E-state index in [0.717, 1.165) is 0 Å². The average molecular weight is 201 g/mol. The van der Waals surface area contributed by atoms with E-state index >= 15 is 0 Å². The molecule has 1 aromatic heterocycles. The number of carboxylic acid groups (broad SMARTS) is 1. The van der Waals surface area contributed by atoms with Crippen LogP contribution in [0.4, 0.5) is 4.39 Å². The van der Waals surface area contributed by atoms with Gasteiger partial charge in [-0.2, -0.15) is 0 Å². The van der Waals surface area contributed by atoms with E-state index in [0.29, 0.717) is 25.1 Å². The number of rotatable bonds is 6. The second-order valence-electron chi connectivity index (χ2n) is 2.91. The van der Waals surface area contributed by atoms with Crippen LogP contribution < -0.4 is 0 Å². The molecule has 0 unspecified atom stereocenters. The predicted octanol–water partition coefficient (Wildman–Crippen LogP) is 0.655. The molecule has 0 atom stereocenters. The Morgan fingerprint density at radius 2 is 2.43 bits per heavy atom. The number of aliphatic carboxylic acids is 1. The molecule has 14 heavy (non-hydrogen) atoms. The Bertz CT molecular complexity index is 301. The molecule has 6 heteroatoms. The van der Waals surface area contributed by atoms with Gasteiger partial charge in [-0.05, 0) is 6.42 Å². The van der Waals surface area contributed by atoms with E-state index in [1.807, 2.05) is 0 Å². The molecule has 1 rings (SSSR count). The Labute approximate surface area is 80.5 Å². The normalized spacial score (nSPS) is 10.4. The zero-order valence-electron chi connectivity index (χ0n) is 7.69. The van der Waals surface area contributed by atoms with Crippen LogP contribution in [0.1, 0.15) is 18.5 Å². The van der Waals surface area contributed by atoms with E-state index < -0.39 is 5.97 Å². The Morgan fingerprint density at radius 1 is 1.64 bits per heavy atom. The molecule has 0 saturated heterocycles. The highest BCUT2D eigenvalue weighted by atomic mass is 19.1. The summed E-state index contributed by atoms with van der Waals surface area (Å²) in [5.74, 6) is -0.858. The van der Waals surface area contributed by atoms with Gasteiger partial charge in [0.25, 0.3) is 0 Å². The van der Waals surface area contributed by atoms with Crippen molar-refractivity contribution in [3.8, 4) is 0 Å². The highest BCUT2D eigenvalue weighted by Crippen LogP contribution is 1.99. The summed E-state index contributed by atoms with van der Waals surface area (Å²) in [6, 6.07) is 0. The molecule has 0 aliphatic carbocycles. The van der Waals surface area contributed by atoms with Crippen molar-refractivity contribution in [3.05, 3.63) is 11.9 Å². The predicted molar refractivity (Wildman–Crippen MR) is 46.6 cm³/mol. The summed E-state index contributed by atoms with van der Waals surface area (Å²) in [5.41, 5.74) is 0.631. The molecule has 0 radical (unpaired) electrons. The molecule has 5 nitrogen and oxygen atoms in total. The largest absolute Gasteiger partial charge is 0.481 e. The summed E-state index contributed by atoms with van der Waals surface area (Å²) in [6.07, 6.45) is 2.47. The SMILES string of the molecule is O=C(O)CCc1cn(CCCF)nn1. The van der Waals surface area contributed by atoms with Gasteiger partial charge >= 0.3 is 5.97 Å². The first-order chi connectivity index (χ1) is 6.72. The standard InChI is InChI=1S/C8H12FN3O2/c9-4-1-5-12-6-7(10-11-12)2-3-8(13)14/h6H,1-5H2,(H,13,14). The minimum absolute atomic E-state index is 0.0435. The first kappa shape index (κ1) is 10.6. The molecule has 0 aliphatic rings. The van der Waals surface area contributed by atoms with E-state index in [4.69, 9.17) is 5.11 Å². The molecule has 78 valence electrons. The van der Waals surface area contributed by atoms with Crippen LogP contribution in [-0.2, 0) is 17.8 Å². The number of hydrogen-bond donors (Lipinski definition) is 1. The molecule has 0 aromatic carbocycles. The number of carbonyl (C=O) groups is 1. The fourth-order valence-electron chi connectivity index (χ4n) is 1.02. The van der Waals surface area contributed by atoms with Gasteiger partial charge in [-0.1, -0.05) is 5.21 Å². The van der Waals surface area contributed by atoms with Gasteiger partial charge in [0.05, 0.1) is 18.8 Å². The lowest BCUT2D eigenvalue weighted by atomic mass is 10.2. The quantitative estimate of drug-likeness (QED) is 0.733. The third kappa shape index (κ3) is 3.51. The van der Waals surface area contributed by atoms with Gasteiger partial charge in [-0.15, -0.1) is 5.10 Å². The maximum absolute atomic E-state index is 11.8. The average Bonchev–Trinajstić information content (AvgIpc) is 2.59. The number of aryl methyl sites for hydroxylation is 2. The molecule has 1 N–H and O–H groups in total. The van der Waals surface area contributed by atoms with Crippen molar-refractivity contribution < 1.29 is 14.3 Å². The van der Waals surface area contributed by atoms with Crippen LogP contribution in [0.2, 0.25) is 0 Å². The minimum atomic E-state index is -0.858. The molecule has 0 saturated carbocycles. The maximum atomic E-state index is 11.8. The van der Waals surface area contributed by atoms with Crippen molar-refractivity contribution in [2.45, 2.75) is 25.8 Å². The van der Waals surface area contributed by atoms with Crippen molar-refractivity contribution >= 4 is 5.97 Å². The topological polar surface area (TPSA) is 68.0 Å². The van der Waals surface area contributed by atoms with Crippen LogP contribution >= 0.6 is 0 Å². The molecule has 0 fully saturated rings. The van der Waals surface area contributed by atoms with Gasteiger partial charge in [0.1, 0.15) is 0 Å². The van der Waals surface area contributed by atoms with Gasteiger partial charge in [0.2, 0.25) is 0 Å². The van der Waals surface area contributed by atoms with E-state index in [-0.39, 0.29) is 13.1 Å². The van der Waals surface area contributed by atoms with Crippen molar-refractivity contribution in [1.82, 2.24) is 15.0 Å². The highest BCUT2D eigenvalue weighted by molar-refractivity contribution is 5.66. The molecule has 0 spiro atoms.